The second-order valence-electron chi connectivity index (χ2n) is 4.27. The molecule has 0 aliphatic heterocycles. The molecular weight excluding hydrogens is 349 g/mol. The molecule has 0 spiro atoms. The van der Waals surface area contributed by atoms with Gasteiger partial charge in [-0.15, -0.1) is 11.3 Å². The Kier molecular flexibility index (Phi) is 5.94. The topological polar surface area (TPSA) is 67.8 Å². The number of rotatable bonds is 6. The summed E-state index contributed by atoms with van der Waals surface area (Å²) in [4.78, 5) is 25.0. The number of thiazole rings is 1. The highest BCUT2D eigenvalue weighted by atomic mass is 32.2. The number of aromatic nitrogens is 3. The Labute approximate surface area is 138 Å². The van der Waals surface area contributed by atoms with E-state index in [4.69, 9.17) is 0 Å². The van der Waals surface area contributed by atoms with Crippen LogP contribution in [0.3, 0.4) is 0 Å². The summed E-state index contributed by atoms with van der Waals surface area (Å²) in [5.74, 6) is -0.243. The van der Waals surface area contributed by atoms with Crippen LogP contribution in [0.5, 0.6) is 0 Å². The van der Waals surface area contributed by atoms with Crippen LogP contribution in [0.15, 0.2) is 18.5 Å². The molecule has 0 saturated heterocycles. The summed E-state index contributed by atoms with van der Waals surface area (Å²) < 4.78 is 36.1. The van der Waals surface area contributed by atoms with E-state index in [1.54, 1.807) is 18.5 Å². The second kappa shape index (κ2) is 7.73. The monoisotopic (exact) mass is 362 g/mol. The lowest BCUT2D eigenvalue weighted by molar-refractivity contribution is -0.0327. The number of hydrogen-bond acceptors (Lipinski definition) is 6. The van der Waals surface area contributed by atoms with Gasteiger partial charge in [0.25, 0.3) is 5.91 Å². The van der Waals surface area contributed by atoms with E-state index in [2.05, 4.69) is 20.3 Å². The highest BCUT2D eigenvalue weighted by Crippen LogP contribution is 2.29. The number of carbonyl (C=O) groups is 1. The van der Waals surface area contributed by atoms with Crippen LogP contribution in [0.25, 0.3) is 10.8 Å². The number of amides is 1. The zero-order valence-electron chi connectivity index (χ0n) is 12.1. The molecule has 5 nitrogen and oxygen atoms in total. The van der Waals surface area contributed by atoms with Crippen LogP contribution in [0.2, 0.25) is 0 Å². The minimum Gasteiger partial charge on any atom is -0.350 e. The quantitative estimate of drug-likeness (QED) is 0.800. The normalized spacial score (nSPS) is 11.5. The van der Waals surface area contributed by atoms with Gasteiger partial charge in [-0.25, -0.2) is 15.0 Å². The molecule has 0 bridgehead atoms. The summed E-state index contributed by atoms with van der Waals surface area (Å²) in [6, 6.07) is 1.67. The van der Waals surface area contributed by atoms with Gasteiger partial charge in [-0.2, -0.15) is 13.2 Å². The van der Waals surface area contributed by atoms with Crippen molar-refractivity contribution in [2.24, 2.45) is 0 Å². The number of nitrogens with zero attached hydrogens (tertiary/aromatic N) is 3. The van der Waals surface area contributed by atoms with Crippen LogP contribution in [0.1, 0.15) is 22.3 Å². The van der Waals surface area contributed by atoms with E-state index < -0.39 is 11.4 Å². The van der Waals surface area contributed by atoms with Gasteiger partial charge in [0.05, 0.1) is 5.69 Å². The van der Waals surface area contributed by atoms with Crippen molar-refractivity contribution < 1.29 is 18.0 Å². The maximum absolute atomic E-state index is 12.1. The van der Waals surface area contributed by atoms with Crippen LogP contribution in [-0.4, -0.2) is 38.7 Å². The Bertz CT molecular complexity index is 661. The molecule has 1 N–H and O–H groups in total. The molecule has 2 rings (SSSR count). The summed E-state index contributed by atoms with van der Waals surface area (Å²) in [7, 11) is 0. The van der Waals surface area contributed by atoms with Crippen molar-refractivity contribution >= 4 is 29.0 Å². The third-order valence-electron chi connectivity index (χ3n) is 2.65. The molecular formula is C13H13F3N4OS2. The fourth-order valence-corrected chi connectivity index (χ4v) is 3.14. The molecule has 0 unspecified atom stereocenters. The van der Waals surface area contributed by atoms with Crippen LogP contribution in [0, 0.1) is 0 Å². The Morgan fingerprint density at radius 2 is 2.04 bits per heavy atom. The minimum absolute atomic E-state index is 0.0682. The SMILES string of the molecule is CCc1nc(-c2ncccn2)sc1C(=O)NCCSC(F)(F)F. The van der Waals surface area contributed by atoms with Crippen LogP contribution < -0.4 is 5.32 Å². The number of alkyl halides is 3. The summed E-state index contributed by atoms with van der Waals surface area (Å²) in [5.41, 5.74) is -3.71. The number of carbonyl (C=O) groups excluding carboxylic acids is 1. The average Bonchev–Trinajstić information content (AvgIpc) is 2.96. The maximum atomic E-state index is 12.1. The van der Waals surface area contributed by atoms with Crippen LogP contribution >= 0.6 is 23.1 Å². The van der Waals surface area contributed by atoms with E-state index in [-0.39, 0.29) is 24.1 Å². The van der Waals surface area contributed by atoms with Gasteiger partial charge in [-0.05, 0) is 24.2 Å². The number of hydrogen-bond donors (Lipinski definition) is 1. The third-order valence-corrected chi connectivity index (χ3v) is 4.48. The lowest BCUT2D eigenvalue weighted by atomic mass is 10.3. The fraction of sp³-hybridized carbons (Fsp3) is 0.385. The molecule has 1 amide bonds. The van der Waals surface area contributed by atoms with Crippen molar-refractivity contribution in [1.29, 1.82) is 0 Å². The molecule has 0 aromatic carbocycles. The highest BCUT2D eigenvalue weighted by Gasteiger charge is 2.27. The molecule has 124 valence electrons. The molecule has 2 aromatic heterocycles. The van der Waals surface area contributed by atoms with Crippen molar-refractivity contribution in [3.05, 3.63) is 29.0 Å². The number of aryl methyl sites for hydroxylation is 1. The maximum Gasteiger partial charge on any atom is 0.441 e. The second-order valence-corrected chi connectivity index (χ2v) is 6.43. The van der Waals surface area contributed by atoms with E-state index in [0.29, 0.717) is 27.8 Å². The molecule has 10 heteroatoms. The largest absolute Gasteiger partial charge is 0.441 e. The van der Waals surface area contributed by atoms with E-state index >= 15 is 0 Å². The smallest absolute Gasteiger partial charge is 0.350 e. The van der Waals surface area contributed by atoms with E-state index in [1.807, 2.05) is 6.92 Å². The molecule has 0 aliphatic rings. The zero-order chi connectivity index (χ0) is 16.9. The Hall–Kier alpha value is -1.68. The van der Waals surface area contributed by atoms with Gasteiger partial charge >= 0.3 is 5.51 Å². The highest BCUT2D eigenvalue weighted by molar-refractivity contribution is 8.00. The standard InChI is InChI=1S/C13H13F3N4OS2/c1-2-8-9(11(21)19-6-7-22-13(14,15)16)23-12(20-8)10-17-4-3-5-18-10/h3-5H,2,6-7H2,1H3,(H,19,21). The number of halogens is 3. The van der Waals surface area contributed by atoms with E-state index in [9.17, 15) is 18.0 Å². The van der Waals surface area contributed by atoms with Gasteiger partial charge in [0.1, 0.15) is 4.88 Å². The van der Waals surface area contributed by atoms with E-state index in [1.165, 1.54) is 0 Å². The first-order valence-corrected chi connectivity index (χ1v) is 8.47. The summed E-state index contributed by atoms with van der Waals surface area (Å²) in [6.07, 6.45) is 3.68. The average molecular weight is 362 g/mol. The Balaban J connectivity index is 2.04. The van der Waals surface area contributed by atoms with Crippen molar-refractivity contribution in [1.82, 2.24) is 20.3 Å². The number of thioether (sulfide) groups is 1. The summed E-state index contributed by atoms with van der Waals surface area (Å²) >= 11 is 0.968. The van der Waals surface area contributed by atoms with Gasteiger partial charge in [0.15, 0.2) is 10.8 Å². The molecule has 0 fully saturated rings. The lowest BCUT2D eigenvalue weighted by Crippen LogP contribution is -2.26. The van der Waals surface area contributed by atoms with Gasteiger partial charge in [-0.3, -0.25) is 4.79 Å². The van der Waals surface area contributed by atoms with Gasteiger partial charge in [0.2, 0.25) is 0 Å². The summed E-state index contributed by atoms with van der Waals surface area (Å²) in [6.45, 7) is 1.78. The van der Waals surface area contributed by atoms with Crippen molar-refractivity contribution in [2.75, 3.05) is 12.3 Å². The van der Waals surface area contributed by atoms with Crippen LogP contribution in [0.4, 0.5) is 13.2 Å². The van der Waals surface area contributed by atoms with Crippen molar-refractivity contribution in [2.45, 2.75) is 18.9 Å². The molecule has 0 atom stereocenters. The molecule has 2 aromatic rings. The number of nitrogens with one attached hydrogen (secondary N) is 1. The molecule has 0 saturated carbocycles. The van der Waals surface area contributed by atoms with Crippen molar-refractivity contribution in [3.8, 4) is 10.8 Å². The fourth-order valence-electron chi connectivity index (χ4n) is 1.69. The summed E-state index contributed by atoms with van der Waals surface area (Å²) in [5, 5.41) is 2.99. The zero-order valence-corrected chi connectivity index (χ0v) is 13.7. The van der Waals surface area contributed by atoms with Gasteiger partial charge < -0.3 is 5.32 Å². The molecule has 0 radical (unpaired) electrons. The third kappa shape index (κ3) is 5.17. The molecule has 23 heavy (non-hydrogen) atoms. The van der Waals surface area contributed by atoms with E-state index in [0.717, 1.165) is 11.3 Å². The van der Waals surface area contributed by atoms with Gasteiger partial charge in [-0.1, -0.05) is 6.92 Å². The molecule has 2 heterocycles. The first-order valence-electron chi connectivity index (χ1n) is 6.66. The van der Waals surface area contributed by atoms with Gasteiger partial charge in [0, 0.05) is 24.7 Å². The Morgan fingerprint density at radius 1 is 1.35 bits per heavy atom. The Morgan fingerprint density at radius 3 is 2.65 bits per heavy atom. The first-order chi connectivity index (χ1) is 10.9. The minimum atomic E-state index is -4.29. The predicted octanol–water partition coefficient (Wildman–Crippen LogP) is 3.15. The lowest BCUT2D eigenvalue weighted by Gasteiger charge is -2.06. The molecule has 0 aliphatic carbocycles. The predicted molar refractivity (Wildman–Crippen MR) is 83.4 cm³/mol. The van der Waals surface area contributed by atoms with Crippen LogP contribution in [-0.2, 0) is 6.42 Å². The first kappa shape index (κ1) is 17.7. The van der Waals surface area contributed by atoms with Crippen molar-refractivity contribution in [3.63, 3.8) is 0 Å².